The molecular formula is C62H42N4O2+2. The van der Waals surface area contributed by atoms with E-state index in [9.17, 15) is 9.59 Å². The Balaban J connectivity index is 0.000000143. The predicted molar refractivity (Wildman–Crippen MR) is 275 cm³/mol. The molecule has 0 aliphatic carbocycles. The van der Waals surface area contributed by atoms with Gasteiger partial charge in [0.05, 0.1) is 10.8 Å². The predicted octanol–water partition coefficient (Wildman–Crippen LogP) is 12.7. The van der Waals surface area contributed by atoms with E-state index in [0.717, 1.165) is 99.6 Å². The first-order valence-electron chi connectivity index (χ1n) is 22.7. The summed E-state index contributed by atoms with van der Waals surface area (Å²) in [6.07, 6.45) is 7.67. The van der Waals surface area contributed by atoms with Crippen LogP contribution in [0.1, 0.15) is 0 Å². The zero-order valence-corrected chi connectivity index (χ0v) is 36.9. The minimum absolute atomic E-state index is 0.0714. The Labute approximate surface area is 392 Å². The molecule has 9 aromatic carbocycles. The first kappa shape index (κ1) is 40.3. The summed E-state index contributed by atoms with van der Waals surface area (Å²) in [6.45, 7) is 0. The summed E-state index contributed by atoms with van der Waals surface area (Å²) in [5.41, 5.74) is 14.3. The molecule has 0 bridgehead atoms. The summed E-state index contributed by atoms with van der Waals surface area (Å²) in [4.78, 5) is 27.5. The second-order valence-corrected chi connectivity index (χ2v) is 17.0. The molecule has 0 saturated heterocycles. The Morgan fingerprint density at radius 3 is 1.07 bits per heavy atom. The molecule has 0 amide bonds. The Kier molecular flexibility index (Phi) is 10.0. The first-order chi connectivity index (χ1) is 33.6. The smallest absolute Gasteiger partial charge is 0.196 e. The molecule has 4 heterocycles. The maximum Gasteiger partial charge on any atom is 0.508 e. The van der Waals surface area contributed by atoms with Crippen LogP contribution in [0.2, 0.25) is 0 Å². The molecule has 0 aliphatic rings. The van der Waals surface area contributed by atoms with Gasteiger partial charge in [-0.1, -0.05) is 176 Å². The third kappa shape index (κ3) is 7.18. The van der Waals surface area contributed by atoms with E-state index in [4.69, 9.17) is 0 Å². The summed E-state index contributed by atoms with van der Waals surface area (Å²) in [6, 6.07) is 78.7. The van der Waals surface area contributed by atoms with Crippen LogP contribution in [0.3, 0.4) is 0 Å². The van der Waals surface area contributed by atoms with Crippen molar-refractivity contribution in [3.8, 4) is 67.0 Å². The van der Waals surface area contributed by atoms with E-state index in [1.807, 2.05) is 145 Å². The first-order valence-corrected chi connectivity index (χ1v) is 22.7. The van der Waals surface area contributed by atoms with Crippen LogP contribution in [-0.2, 0) is 0 Å². The molecule has 6 nitrogen and oxygen atoms in total. The highest BCUT2D eigenvalue weighted by molar-refractivity contribution is 5.96. The third-order valence-corrected chi connectivity index (χ3v) is 12.9. The van der Waals surface area contributed by atoms with Gasteiger partial charge in [-0.15, -0.1) is 0 Å². The van der Waals surface area contributed by atoms with Gasteiger partial charge in [0.2, 0.25) is 0 Å². The molecule has 0 atom stereocenters. The molecular weight excluding hydrogens is 833 g/mol. The van der Waals surface area contributed by atoms with Crippen molar-refractivity contribution in [1.29, 1.82) is 0 Å². The summed E-state index contributed by atoms with van der Waals surface area (Å²) >= 11 is 0. The van der Waals surface area contributed by atoms with Crippen LogP contribution >= 0.6 is 0 Å². The zero-order valence-electron chi connectivity index (χ0n) is 36.9. The maximum absolute atomic E-state index is 14.0. The van der Waals surface area contributed by atoms with Crippen LogP contribution in [0.15, 0.2) is 265 Å². The van der Waals surface area contributed by atoms with E-state index < -0.39 is 0 Å². The molecule has 320 valence electrons. The number of para-hydroxylation sites is 2. The fourth-order valence-corrected chi connectivity index (χ4v) is 9.65. The van der Waals surface area contributed by atoms with Gasteiger partial charge in [-0.25, -0.2) is 0 Å². The highest BCUT2D eigenvalue weighted by Gasteiger charge is 2.26. The third-order valence-electron chi connectivity index (χ3n) is 12.9. The molecule has 0 aliphatic heterocycles. The Morgan fingerprint density at radius 2 is 0.647 bits per heavy atom. The van der Waals surface area contributed by atoms with Crippen LogP contribution in [0.5, 0.6) is 0 Å². The summed E-state index contributed by atoms with van der Waals surface area (Å²) in [5, 5.41) is 4.19. The summed E-state index contributed by atoms with van der Waals surface area (Å²) in [5.74, 6) is 0. The number of nitrogens with zero attached hydrogens (tertiary/aromatic N) is 4. The van der Waals surface area contributed by atoms with Crippen molar-refractivity contribution in [2.75, 3.05) is 0 Å². The van der Waals surface area contributed by atoms with E-state index in [2.05, 4.69) is 115 Å². The van der Waals surface area contributed by atoms with Gasteiger partial charge in [0.25, 0.3) is 0 Å². The average molecular weight is 875 g/mol. The van der Waals surface area contributed by atoms with Crippen molar-refractivity contribution in [3.05, 3.63) is 276 Å². The second-order valence-electron chi connectivity index (χ2n) is 17.0. The van der Waals surface area contributed by atoms with Crippen LogP contribution in [0, 0.1) is 0 Å². The molecule has 13 aromatic rings. The van der Waals surface area contributed by atoms with Gasteiger partial charge in [-0.2, -0.15) is 27.5 Å². The van der Waals surface area contributed by atoms with Crippen molar-refractivity contribution in [2.24, 2.45) is 0 Å². The van der Waals surface area contributed by atoms with E-state index in [1.165, 1.54) is 0 Å². The van der Waals surface area contributed by atoms with E-state index in [0.29, 0.717) is 0 Å². The topological polar surface area (TPSA) is 50.7 Å². The molecule has 0 N–H and O–H groups in total. The fourth-order valence-electron chi connectivity index (χ4n) is 9.65. The number of benzene rings is 9. The van der Waals surface area contributed by atoms with Crippen molar-refractivity contribution in [3.63, 3.8) is 0 Å². The molecule has 4 aromatic heterocycles. The molecule has 6 heteroatoms. The van der Waals surface area contributed by atoms with Gasteiger partial charge >= 0.3 is 11.4 Å². The lowest BCUT2D eigenvalue weighted by Gasteiger charge is -2.16. The van der Waals surface area contributed by atoms with E-state index >= 15 is 0 Å². The molecule has 0 saturated carbocycles. The van der Waals surface area contributed by atoms with Gasteiger partial charge in [-0.3, -0.25) is 0 Å². The maximum atomic E-state index is 14.0. The van der Waals surface area contributed by atoms with Crippen LogP contribution in [-0.4, -0.2) is 8.80 Å². The number of rotatable bonds is 7. The fraction of sp³-hybridized carbons (Fsp3) is 0. The monoisotopic (exact) mass is 874 g/mol. The Hall–Kier alpha value is -9.26. The van der Waals surface area contributed by atoms with Gasteiger partial charge < -0.3 is 0 Å². The van der Waals surface area contributed by atoms with Gasteiger partial charge in [0.1, 0.15) is 30.5 Å². The van der Waals surface area contributed by atoms with E-state index in [-0.39, 0.29) is 11.4 Å². The van der Waals surface area contributed by atoms with E-state index in [1.54, 1.807) is 13.4 Å². The lowest BCUT2D eigenvalue weighted by atomic mass is 9.91. The molecule has 0 fully saturated rings. The van der Waals surface area contributed by atoms with Crippen molar-refractivity contribution in [2.45, 2.75) is 0 Å². The number of hydrogen-bond donors (Lipinski definition) is 0. The SMILES string of the molecule is O=c1n2ccc3cccc(c[n+]1-c1c(-c4ccccc4)cc(-c4ccccc4)cc1-c1ccccc1)c32.O=c1n2ccc3cccc(c[n+]1-c1cc(-c4ccccc4)cc(-c4ccccc4)c1)c32. The van der Waals surface area contributed by atoms with Crippen LogP contribution in [0.25, 0.3) is 99.6 Å². The van der Waals surface area contributed by atoms with Gasteiger partial charge in [0, 0.05) is 21.9 Å². The number of aromatic nitrogens is 4. The highest BCUT2D eigenvalue weighted by Crippen LogP contribution is 2.38. The summed E-state index contributed by atoms with van der Waals surface area (Å²) in [7, 11) is 0. The Morgan fingerprint density at radius 1 is 0.294 bits per heavy atom. The minimum atomic E-state index is -0.0875. The lowest BCUT2D eigenvalue weighted by molar-refractivity contribution is -0.614. The largest absolute Gasteiger partial charge is 0.508 e. The second kappa shape index (κ2) is 16.9. The number of hydrogen-bond acceptors (Lipinski definition) is 2. The average Bonchev–Trinajstić information content (AvgIpc) is 4.07. The van der Waals surface area contributed by atoms with Crippen LogP contribution in [0.4, 0.5) is 0 Å². The normalized spacial score (nSPS) is 11.4. The van der Waals surface area contributed by atoms with Crippen molar-refractivity contribution in [1.82, 2.24) is 8.80 Å². The van der Waals surface area contributed by atoms with Gasteiger partial charge in [-0.05, 0) is 99.1 Å². The Bertz CT molecular complexity index is 3920. The molecule has 68 heavy (non-hydrogen) atoms. The lowest BCUT2D eigenvalue weighted by Crippen LogP contribution is -2.51. The quantitative estimate of drug-likeness (QED) is 0.150. The van der Waals surface area contributed by atoms with Crippen LogP contribution < -0.4 is 20.5 Å². The zero-order chi connectivity index (χ0) is 45.6. The molecule has 0 unspecified atom stereocenters. The minimum Gasteiger partial charge on any atom is -0.196 e. The molecule has 0 spiro atoms. The molecule has 13 rings (SSSR count). The van der Waals surface area contributed by atoms with Crippen molar-refractivity contribution < 1.29 is 9.13 Å². The van der Waals surface area contributed by atoms with Gasteiger partial charge in [0.15, 0.2) is 16.7 Å². The summed E-state index contributed by atoms with van der Waals surface area (Å²) < 4.78 is 7.07. The molecule has 0 radical (unpaired) electrons. The standard InChI is InChI=1S/C34H23N2O.C28H19N2O/c37-34-35-20-19-27-17-10-18-28(32(27)35)23-36(34)33-30(25-13-6-2-7-14-25)21-29(24-11-4-1-5-12-24)22-31(33)26-15-8-3-9-16-26;31-28-29-15-14-22-12-7-13-23(27(22)29)19-30(28)26-17-24(20-8-3-1-4-9-20)16-25(18-26)21-10-5-2-6-11-21/h1-23H;1-19H/q2*+1. The highest BCUT2D eigenvalue weighted by atomic mass is 16.2. The van der Waals surface area contributed by atoms with Crippen molar-refractivity contribution >= 4 is 32.6 Å².